The van der Waals surface area contributed by atoms with Gasteiger partial charge < -0.3 is 18.9 Å². The van der Waals surface area contributed by atoms with Gasteiger partial charge in [0, 0.05) is 11.1 Å². The number of fused-ring (bicyclic) bond motifs is 3. The number of benzene rings is 2. The molecule has 0 saturated heterocycles. The first kappa shape index (κ1) is 43.4. The van der Waals surface area contributed by atoms with Crippen molar-refractivity contribution in [3.8, 4) is 34.1 Å². The molecule has 0 aliphatic heterocycles. The van der Waals surface area contributed by atoms with Crippen LogP contribution in [0.5, 0.6) is 23.0 Å². The largest absolute Gasteiger partial charge is 0.490 e. The molecule has 2 aromatic rings. The molecular formula is C46H72O6. The van der Waals surface area contributed by atoms with Crippen LogP contribution >= 0.6 is 0 Å². The van der Waals surface area contributed by atoms with Gasteiger partial charge in [0.05, 0.1) is 26.4 Å². The highest BCUT2D eigenvalue weighted by molar-refractivity contribution is 6.53. The summed E-state index contributed by atoms with van der Waals surface area (Å²) in [5.74, 6) is 1.30. The van der Waals surface area contributed by atoms with E-state index in [1.807, 2.05) is 12.1 Å². The van der Waals surface area contributed by atoms with Crippen LogP contribution in [0, 0.1) is 0 Å². The maximum Gasteiger partial charge on any atom is 0.234 e. The van der Waals surface area contributed by atoms with Crippen molar-refractivity contribution < 1.29 is 28.5 Å². The highest BCUT2D eigenvalue weighted by Crippen LogP contribution is 2.45. The van der Waals surface area contributed by atoms with Crippen molar-refractivity contribution in [3.63, 3.8) is 0 Å². The molecule has 0 saturated carbocycles. The molecule has 0 atom stereocenters. The molecule has 0 aromatic heterocycles. The lowest BCUT2D eigenvalue weighted by Gasteiger charge is -2.23. The smallest absolute Gasteiger partial charge is 0.234 e. The average Bonchev–Trinajstić information content (AvgIpc) is 3.15. The van der Waals surface area contributed by atoms with Crippen molar-refractivity contribution in [2.24, 2.45) is 0 Å². The molecule has 3 rings (SSSR count). The van der Waals surface area contributed by atoms with Gasteiger partial charge in [-0.3, -0.25) is 9.59 Å². The van der Waals surface area contributed by atoms with Crippen LogP contribution in [-0.4, -0.2) is 38.0 Å². The van der Waals surface area contributed by atoms with Crippen molar-refractivity contribution in [1.29, 1.82) is 0 Å². The van der Waals surface area contributed by atoms with E-state index in [0.29, 0.717) is 71.7 Å². The van der Waals surface area contributed by atoms with E-state index < -0.39 is 11.6 Å². The summed E-state index contributed by atoms with van der Waals surface area (Å²) in [4.78, 5) is 27.3. The minimum Gasteiger partial charge on any atom is -0.490 e. The zero-order valence-electron chi connectivity index (χ0n) is 33.6. The van der Waals surface area contributed by atoms with Crippen LogP contribution in [0.4, 0.5) is 0 Å². The zero-order valence-corrected chi connectivity index (χ0v) is 33.6. The molecule has 52 heavy (non-hydrogen) atoms. The third kappa shape index (κ3) is 15.1. The molecule has 0 radical (unpaired) electrons. The topological polar surface area (TPSA) is 71.1 Å². The number of carbonyl (C=O) groups excluding carboxylic acids is 2. The fourth-order valence-corrected chi connectivity index (χ4v) is 6.90. The van der Waals surface area contributed by atoms with E-state index >= 15 is 0 Å². The average molecular weight is 721 g/mol. The van der Waals surface area contributed by atoms with Crippen LogP contribution in [0.3, 0.4) is 0 Å². The van der Waals surface area contributed by atoms with Gasteiger partial charge in [-0.05, 0) is 61.1 Å². The first-order chi connectivity index (χ1) is 25.5. The van der Waals surface area contributed by atoms with Gasteiger partial charge in [0.1, 0.15) is 0 Å². The molecule has 0 unspecified atom stereocenters. The number of carbonyl (C=O) groups is 2. The van der Waals surface area contributed by atoms with Crippen LogP contribution in [0.25, 0.3) is 11.1 Å². The third-order valence-electron chi connectivity index (χ3n) is 10.2. The fraction of sp³-hybridized carbons (Fsp3) is 0.696. The van der Waals surface area contributed by atoms with Gasteiger partial charge in [0.15, 0.2) is 23.0 Å². The van der Waals surface area contributed by atoms with Gasteiger partial charge in [-0.15, -0.1) is 0 Å². The highest BCUT2D eigenvalue weighted by Gasteiger charge is 2.34. The van der Waals surface area contributed by atoms with E-state index in [1.165, 1.54) is 83.5 Å². The molecule has 0 bridgehead atoms. The second kappa shape index (κ2) is 26.7. The molecular weight excluding hydrogens is 649 g/mol. The van der Waals surface area contributed by atoms with Crippen molar-refractivity contribution in [2.75, 3.05) is 26.4 Å². The number of rotatable bonds is 32. The van der Waals surface area contributed by atoms with Crippen molar-refractivity contribution in [2.45, 2.75) is 182 Å². The minimum absolute atomic E-state index is 0.362. The van der Waals surface area contributed by atoms with Crippen molar-refractivity contribution in [3.05, 3.63) is 35.4 Å². The van der Waals surface area contributed by atoms with E-state index in [9.17, 15) is 9.59 Å². The van der Waals surface area contributed by atoms with E-state index in [2.05, 4.69) is 27.7 Å². The molecule has 0 fully saturated rings. The molecule has 2 aromatic carbocycles. The Morgan fingerprint density at radius 1 is 0.308 bits per heavy atom. The number of ether oxygens (including phenoxy) is 4. The predicted octanol–water partition coefficient (Wildman–Crippen LogP) is 13.7. The molecule has 0 amide bonds. The summed E-state index contributed by atoms with van der Waals surface area (Å²) < 4.78 is 25.3. The summed E-state index contributed by atoms with van der Waals surface area (Å²) in [5.41, 5.74) is 2.11. The second-order valence-electron chi connectivity index (χ2n) is 14.8. The number of hydrogen-bond donors (Lipinski definition) is 0. The van der Waals surface area contributed by atoms with Gasteiger partial charge in [-0.1, -0.05) is 156 Å². The molecule has 6 heteroatoms. The number of hydrogen-bond acceptors (Lipinski definition) is 6. The SMILES string of the molecule is CCCCCCCCCCOc1cc2c(cc1OCCCCCCCCCC)-c1cc(OCCCCCC)c(OCCCCCC)cc1C(=O)C2=O. The van der Waals surface area contributed by atoms with Gasteiger partial charge in [-0.25, -0.2) is 0 Å². The quantitative estimate of drug-likeness (QED) is 0.0553. The Labute approximate surface area is 317 Å². The fourth-order valence-electron chi connectivity index (χ4n) is 6.90. The summed E-state index contributed by atoms with van der Waals surface area (Å²) in [6, 6.07) is 7.30. The summed E-state index contributed by atoms with van der Waals surface area (Å²) in [5, 5.41) is 0. The number of ketones is 2. The van der Waals surface area contributed by atoms with Crippen LogP contribution in [0.2, 0.25) is 0 Å². The lowest BCUT2D eigenvalue weighted by molar-refractivity contribution is 0.0814. The Hall–Kier alpha value is -3.02. The first-order valence-electron chi connectivity index (χ1n) is 21.5. The zero-order chi connectivity index (χ0) is 37.2. The summed E-state index contributed by atoms with van der Waals surface area (Å²) in [6.07, 6.45) is 28.2. The van der Waals surface area contributed by atoms with E-state index in [0.717, 1.165) is 70.6 Å². The predicted molar refractivity (Wildman–Crippen MR) is 216 cm³/mol. The summed E-state index contributed by atoms with van der Waals surface area (Å²) in [7, 11) is 0. The molecule has 1 aliphatic carbocycles. The Morgan fingerprint density at radius 3 is 0.788 bits per heavy atom. The minimum atomic E-state index is -0.519. The molecule has 0 heterocycles. The molecule has 0 N–H and O–H groups in total. The van der Waals surface area contributed by atoms with Crippen LogP contribution in [0.15, 0.2) is 24.3 Å². The Balaban J connectivity index is 1.83. The van der Waals surface area contributed by atoms with E-state index in [1.54, 1.807) is 12.1 Å². The molecule has 292 valence electrons. The van der Waals surface area contributed by atoms with Crippen molar-refractivity contribution >= 4 is 11.6 Å². The maximum atomic E-state index is 13.7. The summed E-state index contributed by atoms with van der Waals surface area (Å²) in [6.45, 7) is 11.1. The van der Waals surface area contributed by atoms with Gasteiger partial charge in [-0.2, -0.15) is 0 Å². The third-order valence-corrected chi connectivity index (χ3v) is 10.2. The van der Waals surface area contributed by atoms with Crippen LogP contribution < -0.4 is 18.9 Å². The Kier molecular flexibility index (Phi) is 22.3. The standard InChI is InChI=1S/C46H72O6/c1-5-9-13-17-19-21-23-27-31-50-42-34-38-37-33-41(49-29-25-15-11-7-3)43(51-30-26-16-12-8-4)35-39(37)45(47)46(48)40(38)36-44(42)52-32-28-24-22-20-18-14-10-6-2/h33-36H,5-32H2,1-4H3. The van der Waals surface area contributed by atoms with E-state index in [4.69, 9.17) is 18.9 Å². The number of unbranched alkanes of at least 4 members (excludes halogenated alkanes) is 20. The Bertz CT molecular complexity index is 1300. The van der Waals surface area contributed by atoms with Crippen LogP contribution in [-0.2, 0) is 0 Å². The molecule has 6 nitrogen and oxygen atoms in total. The normalized spacial score (nSPS) is 12.2. The van der Waals surface area contributed by atoms with Crippen LogP contribution in [0.1, 0.15) is 203 Å². The van der Waals surface area contributed by atoms with Gasteiger partial charge in [0.25, 0.3) is 0 Å². The maximum absolute atomic E-state index is 13.7. The lowest BCUT2D eigenvalue weighted by Crippen LogP contribution is -2.22. The lowest BCUT2D eigenvalue weighted by atomic mass is 9.83. The second-order valence-corrected chi connectivity index (χ2v) is 14.8. The van der Waals surface area contributed by atoms with E-state index in [-0.39, 0.29) is 0 Å². The monoisotopic (exact) mass is 721 g/mol. The molecule has 1 aliphatic rings. The van der Waals surface area contributed by atoms with Gasteiger partial charge >= 0.3 is 0 Å². The summed E-state index contributed by atoms with van der Waals surface area (Å²) >= 11 is 0. The highest BCUT2D eigenvalue weighted by atomic mass is 16.5. The van der Waals surface area contributed by atoms with Crippen molar-refractivity contribution in [1.82, 2.24) is 0 Å². The Morgan fingerprint density at radius 2 is 0.519 bits per heavy atom. The number of Topliss-reactive ketones (excluding diaryl/α,β-unsaturated/α-hetero) is 2. The first-order valence-corrected chi connectivity index (χ1v) is 21.5. The van der Waals surface area contributed by atoms with Gasteiger partial charge in [0.2, 0.25) is 11.6 Å². The molecule has 0 spiro atoms.